The lowest BCUT2D eigenvalue weighted by molar-refractivity contribution is 0.549. The normalized spacial score (nSPS) is 17.9. The minimum atomic E-state index is -0.0988. The van der Waals surface area contributed by atoms with Gasteiger partial charge in [0.25, 0.3) is 0 Å². The number of hydrogen-bond donors (Lipinski definition) is 1. The van der Waals surface area contributed by atoms with E-state index in [0.717, 1.165) is 27.7 Å². The number of nitrogens with one attached hydrogen (secondary N) is 1. The lowest BCUT2D eigenvalue weighted by Gasteiger charge is -2.29. The van der Waals surface area contributed by atoms with Crippen LogP contribution in [0.15, 0.2) is 85.2 Å². The molecule has 5 aromatic rings. The predicted octanol–water partition coefficient (Wildman–Crippen LogP) is 6.28. The minimum Gasteiger partial charge on any atom is -0.351 e. The first-order valence-corrected chi connectivity index (χ1v) is 12.4. The molecular weight excluding hydrogens is 458 g/mol. The number of benzene rings is 2. The van der Waals surface area contributed by atoms with Crippen LogP contribution in [0.4, 0.5) is 5.69 Å². The summed E-state index contributed by atoms with van der Waals surface area (Å²) in [6, 6.07) is 24.8. The first kappa shape index (κ1) is 21.0. The number of fused-ring (bicyclic) bond motifs is 1. The Balaban J connectivity index is 1.52. The molecule has 3 aromatic heterocycles. The Morgan fingerprint density at radius 3 is 2.59 bits per heavy atom. The van der Waals surface area contributed by atoms with E-state index in [2.05, 4.69) is 94.4 Å². The summed E-state index contributed by atoms with van der Waals surface area (Å²) in [7, 11) is 0. The highest BCUT2D eigenvalue weighted by Crippen LogP contribution is 2.43. The molecule has 1 saturated heterocycles. The van der Waals surface area contributed by atoms with E-state index in [-0.39, 0.29) is 12.1 Å². The number of thiocarbonyl (C=S) groups is 1. The zero-order chi connectivity index (χ0) is 23.2. The van der Waals surface area contributed by atoms with E-state index in [1.807, 2.05) is 24.4 Å². The minimum absolute atomic E-state index is 0.0912. The summed E-state index contributed by atoms with van der Waals surface area (Å²) in [4.78, 5) is 11.8. The highest BCUT2D eigenvalue weighted by molar-refractivity contribution is 7.80. The molecule has 0 amide bonds. The van der Waals surface area contributed by atoms with Gasteiger partial charge in [0.1, 0.15) is 6.04 Å². The van der Waals surface area contributed by atoms with Gasteiger partial charge in [0.2, 0.25) is 0 Å². The molecule has 1 N–H and O–H groups in total. The smallest absolute Gasteiger partial charge is 0.194 e. The fourth-order valence-corrected chi connectivity index (χ4v) is 5.90. The first-order chi connectivity index (χ1) is 16.6. The van der Waals surface area contributed by atoms with Gasteiger partial charge in [-0.25, -0.2) is 4.98 Å². The van der Waals surface area contributed by atoms with Crippen LogP contribution in [-0.4, -0.2) is 19.6 Å². The molecule has 0 radical (unpaired) electrons. The van der Waals surface area contributed by atoms with Gasteiger partial charge in [0.15, 0.2) is 10.2 Å². The second-order valence-electron chi connectivity index (χ2n) is 8.53. The summed E-state index contributed by atoms with van der Waals surface area (Å²) in [6.45, 7) is 4.27. The predicted molar refractivity (Wildman–Crippen MR) is 143 cm³/mol. The molecule has 0 saturated carbocycles. The van der Waals surface area contributed by atoms with Crippen LogP contribution in [0.1, 0.15) is 34.6 Å². The van der Waals surface area contributed by atoms with E-state index in [4.69, 9.17) is 17.2 Å². The summed E-state index contributed by atoms with van der Waals surface area (Å²) in [5.41, 5.74) is 6.65. The van der Waals surface area contributed by atoms with Gasteiger partial charge in [-0.05, 0) is 85.7 Å². The number of aromatic nitrogens is 3. The number of aryl methyl sites for hydroxylation is 2. The van der Waals surface area contributed by atoms with Gasteiger partial charge in [0, 0.05) is 18.1 Å². The second kappa shape index (κ2) is 8.34. The zero-order valence-corrected chi connectivity index (χ0v) is 20.5. The van der Waals surface area contributed by atoms with Gasteiger partial charge in [-0.2, -0.15) is 0 Å². The number of para-hydroxylation sites is 1. The zero-order valence-electron chi connectivity index (χ0n) is 18.8. The van der Waals surface area contributed by atoms with Crippen molar-refractivity contribution in [3.05, 3.63) is 108 Å². The summed E-state index contributed by atoms with van der Waals surface area (Å²) < 4.78 is 3.36. The molecule has 0 bridgehead atoms. The van der Waals surface area contributed by atoms with Crippen LogP contribution in [-0.2, 0) is 0 Å². The van der Waals surface area contributed by atoms with E-state index in [0.29, 0.717) is 5.11 Å². The highest BCUT2D eigenvalue weighted by atomic mass is 32.1. The third kappa shape index (κ3) is 3.48. The Morgan fingerprint density at radius 2 is 1.79 bits per heavy atom. The fraction of sp³-hybridized carbons (Fsp3) is 0.148. The number of hydrogen-bond acceptors (Lipinski definition) is 4. The van der Waals surface area contributed by atoms with E-state index >= 15 is 0 Å². The van der Waals surface area contributed by atoms with E-state index < -0.39 is 0 Å². The van der Waals surface area contributed by atoms with Gasteiger partial charge >= 0.3 is 0 Å². The lowest BCUT2D eigenvalue weighted by Crippen LogP contribution is -2.30. The number of rotatable bonds is 4. The van der Waals surface area contributed by atoms with Crippen LogP contribution in [0.25, 0.3) is 15.3 Å². The van der Waals surface area contributed by atoms with Crippen LogP contribution in [0.5, 0.6) is 0 Å². The average Bonchev–Trinajstić information content (AvgIpc) is 3.57. The Kier molecular flexibility index (Phi) is 5.16. The molecule has 2 aromatic carbocycles. The lowest BCUT2D eigenvalue weighted by atomic mass is 10.0. The molecule has 4 heterocycles. The Morgan fingerprint density at radius 1 is 0.941 bits per heavy atom. The average molecular weight is 482 g/mol. The van der Waals surface area contributed by atoms with Crippen molar-refractivity contribution < 1.29 is 0 Å². The largest absolute Gasteiger partial charge is 0.351 e. The molecule has 0 aliphatic carbocycles. The molecule has 0 spiro atoms. The maximum absolute atomic E-state index is 5.90. The third-order valence-electron chi connectivity index (χ3n) is 6.44. The highest BCUT2D eigenvalue weighted by Gasteiger charge is 2.42. The number of pyridine rings is 1. The molecule has 2 atom stereocenters. The monoisotopic (exact) mass is 481 g/mol. The second-order valence-corrected chi connectivity index (χ2v) is 9.93. The van der Waals surface area contributed by atoms with E-state index in [9.17, 15) is 0 Å². The molecule has 5 nitrogen and oxygen atoms in total. The van der Waals surface area contributed by atoms with Crippen molar-refractivity contribution in [2.24, 2.45) is 0 Å². The molecule has 2 unspecified atom stereocenters. The van der Waals surface area contributed by atoms with Gasteiger partial charge in [-0.1, -0.05) is 35.6 Å². The van der Waals surface area contributed by atoms with Crippen LogP contribution >= 0.6 is 23.6 Å². The van der Waals surface area contributed by atoms with E-state index in [1.54, 1.807) is 11.3 Å². The molecular formula is C27H23N5S2. The van der Waals surface area contributed by atoms with Crippen molar-refractivity contribution in [2.45, 2.75) is 25.9 Å². The van der Waals surface area contributed by atoms with Gasteiger partial charge in [-0.3, -0.25) is 9.55 Å². The summed E-state index contributed by atoms with van der Waals surface area (Å²) >= 11 is 7.60. The Bertz CT molecular complexity index is 1470. The van der Waals surface area contributed by atoms with Crippen LogP contribution < -0.4 is 10.2 Å². The van der Waals surface area contributed by atoms with Crippen LogP contribution in [0, 0.1) is 13.8 Å². The molecule has 1 aliphatic heterocycles. The SMILES string of the molecule is Cc1ccc(N2C(=S)NC(c3ccccn3)C2c2cccn2-c2nc3ccccc3s2)cc1C. The Hall–Kier alpha value is -3.55. The molecule has 168 valence electrons. The van der Waals surface area contributed by atoms with Crippen molar-refractivity contribution in [3.63, 3.8) is 0 Å². The molecule has 6 rings (SSSR count). The number of anilines is 1. The van der Waals surface area contributed by atoms with Crippen LogP contribution in [0.3, 0.4) is 0 Å². The molecule has 1 aliphatic rings. The van der Waals surface area contributed by atoms with Crippen LogP contribution in [0.2, 0.25) is 0 Å². The van der Waals surface area contributed by atoms with Gasteiger partial charge < -0.3 is 10.2 Å². The molecule has 1 fully saturated rings. The fourth-order valence-electron chi connectivity index (χ4n) is 4.58. The number of thiazole rings is 1. The number of nitrogens with zero attached hydrogens (tertiary/aromatic N) is 4. The molecule has 7 heteroatoms. The van der Waals surface area contributed by atoms with Crippen molar-refractivity contribution >= 4 is 44.6 Å². The van der Waals surface area contributed by atoms with Crippen molar-refractivity contribution in [2.75, 3.05) is 4.90 Å². The quantitative estimate of drug-likeness (QED) is 0.306. The summed E-state index contributed by atoms with van der Waals surface area (Å²) in [5, 5.41) is 5.20. The van der Waals surface area contributed by atoms with Crippen molar-refractivity contribution in [3.8, 4) is 5.13 Å². The topological polar surface area (TPSA) is 46.0 Å². The van der Waals surface area contributed by atoms with Gasteiger partial charge in [-0.15, -0.1) is 0 Å². The first-order valence-electron chi connectivity index (χ1n) is 11.2. The van der Waals surface area contributed by atoms with Gasteiger partial charge in [0.05, 0.1) is 27.6 Å². The van der Waals surface area contributed by atoms with Crippen molar-refractivity contribution in [1.29, 1.82) is 0 Å². The maximum atomic E-state index is 5.90. The summed E-state index contributed by atoms with van der Waals surface area (Å²) in [5.74, 6) is 0. The standard InChI is InChI=1S/C27H23N5S2/c1-17-12-13-19(16-18(17)2)32-25(24(30-26(32)33)21-9-5-6-14-28-21)22-10-7-15-31(22)27-29-20-8-3-4-11-23(20)34-27/h3-16,24-25H,1-2H3,(H,30,33). The molecule has 34 heavy (non-hydrogen) atoms. The summed E-state index contributed by atoms with van der Waals surface area (Å²) in [6.07, 6.45) is 3.92. The maximum Gasteiger partial charge on any atom is 0.194 e. The third-order valence-corrected chi connectivity index (χ3v) is 7.79. The van der Waals surface area contributed by atoms with E-state index in [1.165, 1.54) is 15.8 Å². The van der Waals surface area contributed by atoms with Crippen molar-refractivity contribution in [1.82, 2.24) is 19.9 Å². The Labute approximate surface area is 207 Å².